The maximum Gasteiger partial charge on any atom is 0.224 e. The molecule has 2 fully saturated rings. The fraction of sp³-hybridized carbons (Fsp3) is 0.789. The summed E-state index contributed by atoms with van der Waals surface area (Å²) in [6, 6.07) is 0. The summed E-state index contributed by atoms with van der Waals surface area (Å²) in [5.41, 5.74) is 2.25. The van der Waals surface area contributed by atoms with Gasteiger partial charge in [-0.05, 0) is 37.5 Å². The van der Waals surface area contributed by atoms with Crippen molar-refractivity contribution in [3.63, 3.8) is 0 Å². The summed E-state index contributed by atoms with van der Waals surface area (Å²) in [6.07, 6.45) is 5.31. The van der Waals surface area contributed by atoms with Crippen LogP contribution in [-0.2, 0) is 27.2 Å². The van der Waals surface area contributed by atoms with Crippen molar-refractivity contribution in [1.82, 2.24) is 9.97 Å². The predicted octanol–water partition coefficient (Wildman–Crippen LogP) is 2.23. The zero-order chi connectivity index (χ0) is 17.6. The molecule has 3 aliphatic rings. The summed E-state index contributed by atoms with van der Waals surface area (Å²) in [4.78, 5) is 9.54. The van der Waals surface area contributed by atoms with Crippen molar-refractivity contribution in [2.75, 3.05) is 56.8 Å². The van der Waals surface area contributed by atoms with Crippen molar-refractivity contribution in [1.29, 1.82) is 0 Å². The van der Waals surface area contributed by atoms with E-state index in [2.05, 4.69) is 10.6 Å². The Balaban J connectivity index is 1.42. The zero-order valence-electron chi connectivity index (χ0n) is 15.5. The Morgan fingerprint density at radius 1 is 0.769 bits per heavy atom. The predicted molar refractivity (Wildman–Crippen MR) is 99.5 cm³/mol. The van der Waals surface area contributed by atoms with Gasteiger partial charge in [-0.3, -0.25) is 0 Å². The number of rotatable bonds is 6. The highest BCUT2D eigenvalue weighted by Crippen LogP contribution is 2.25. The SMILES string of the molecule is C1CC(CNc2nc3c(c(NCC4CCOCC4)n2)COCC3)CCO1. The number of hydrogen-bond donors (Lipinski definition) is 2. The van der Waals surface area contributed by atoms with Gasteiger partial charge in [-0.1, -0.05) is 0 Å². The molecule has 0 amide bonds. The molecule has 144 valence electrons. The molecule has 3 aliphatic heterocycles. The molecule has 0 atom stereocenters. The van der Waals surface area contributed by atoms with Crippen LogP contribution in [0.1, 0.15) is 36.9 Å². The monoisotopic (exact) mass is 362 g/mol. The van der Waals surface area contributed by atoms with Crippen LogP contribution in [0.15, 0.2) is 0 Å². The van der Waals surface area contributed by atoms with E-state index in [0.717, 1.165) is 101 Å². The van der Waals surface area contributed by atoms with Gasteiger partial charge in [0.05, 0.1) is 18.9 Å². The van der Waals surface area contributed by atoms with Gasteiger partial charge >= 0.3 is 0 Å². The van der Waals surface area contributed by atoms with E-state index in [0.29, 0.717) is 18.4 Å². The van der Waals surface area contributed by atoms with Crippen LogP contribution in [0.4, 0.5) is 11.8 Å². The van der Waals surface area contributed by atoms with E-state index in [1.807, 2.05) is 0 Å². The molecule has 0 aromatic carbocycles. The van der Waals surface area contributed by atoms with Crippen LogP contribution in [0, 0.1) is 11.8 Å². The van der Waals surface area contributed by atoms with Crippen LogP contribution in [0.25, 0.3) is 0 Å². The average Bonchev–Trinajstić information content (AvgIpc) is 2.72. The summed E-state index contributed by atoms with van der Waals surface area (Å²) in [5.74, 6) is 2.98. The Morgan fingerprint density at radius 3 is 2.12 bits per heavy atom. The van der Waals surface area contributed by atoms with Gasteiger partial charge in [0.15, 0.2) is 0 Å². The average molecular weight is 362 g/mol. The van der Waals surface area contributed by atoms with Crippen LogP contribution in [0.2, 0.25) is 0 Å². The molecule has 0 saturated carbocycles. The minimum atomic E-state index is 0.603. The van der Waals surface area contributed by atoms with Gasteiger partial charge in [-0.2, -0.15) is 4.98 Å². The molecule has 26 heavy (non-hydrogen) atoms. The maximum atomic E-state index is 5.65. The summed E-state index contributed by atoms with van der Waals surface area (Å²) < 4.78 is 16.6. The smallest absolute Gasteiger partial charge is 0.224 e. The third-order valence-corrected chi connectivity index (χ3v) is 5.61. The molecular weight excluding hydrogens is 332 g/mol. The highest BCUT2D eigenvalue weighted by molar-refractivity contribution is 5.51. The van der Waals surface area contributed by atoms with E-state index in [4.69, 9.17) is 24.2 Å². The van der Waals surface area contributed by atoms with E-state index in [1.165, 1.54) is 0 Å². The maximum absolute atomic E-state index is 5.65. The molecule has 0 radical (unpaired) electrons. The number of nitrogens with zero attached hydrogens (tertiary/aromatic N) is 2. The second-order valence-electron chi connectivity index (χ2n) is 7.50. The standard InChI is InChI=1S/C19H30N4O3/c1-6-24-7-2-14(1)11-20-18-16-13-26-10-5-17(16)22-19(23-18)21-12-15-3-8-25-9-4-15/h14-15H,1-13H2,(H2,20,21,22,23). The van der Waals surface area contributed by atoms with E-state index < -0.39 is 0 Å². The Kier molecular flexibility index (Phi) is 6.19. The fourth-order valence-corrected chi connectivity index (χ4v) is 3.83. The van der Waals surface area contributed by atoms with Crippen molar-refractivity contribution in [2.24, 2.45) is 11.8 Å². The van der Waals surface area contributed by atoms with Crippen LogP contribution in [-0.4, -0.2) is 56.1 Å². The van der Waals surface area contributed by atoms with Gasteiger partial charge in [0.25, 0.3) is 0 Å². The molecule has 0 spiro atoms. The minimum Gasteiger partial charge on any atom is -0.381 e. The minimum absolute atomic E-state index is 0.603. The highest BCUT2D eigenvalue weighted by Gasteiger charge is 2.21. The first-order valence-corrected chi connectivity index (χ1v) is 9.99. The lowest BCUT2D eigenvalue weighted by molar-refractivity contribution is 0.0698. The van der Waals surface area contributed by atoms with Crippen molar-refractivity contribution in [3.05, 3.63) is 11.3 Å². The number of fused-ring (bicyclic) bond motifs is 1. The molecule has 2 saturated heterocycles. The number of anilines is 2. The van der Waals surface area contributed by atoms with Crippen molar-refractivity contribution in [2.45, 2.75) is 38.7 Å². The van der Waals surface area contributed by atoms with Crippen molar-refractivity contribution >= 4 is 11.8 Å². The quantitative estimate of drug-likeness (QED) is 0.803. The Morgan fingerprint density at radius 2 is 1.42 bits per heavy atom. The first-order valence-electron chi connectivity index (χ1n) is 9.99. The number of ether oxygens (including phenoxy) is 3. The van der Waals surface area contributed by atoms with Crippen molar-refractivity contribution < 1.29 is 14.2 Å². The molecule has 0 aliphatic carbocycles. The molecule has 4 heterocycles. The number of nitrogens with one attached hydrogen (secondary N) is 2. The first kappa shape index (κ1) is 17.9. The second-order valence-corrected chi connectivity index (χ2v) is 7.50. The van der Waals surface area contributed by atoms with Gasteiger partial charge in [-0.15, -0.1) is 0 Å². The highest BCUT2D eigenvalue weighted by atomic mass is 16.5. The largest absolute Gasteiger partial charge is 0.381 e. The van der Waals surface area contributed by atoms with E-state index in [9.17, 15) is 0 Å². The summed E-state index contributed by atoms with van der Waals surface area (Å²) in [5, 5.41) is 7.04. The Bertz CT molecular complexity index is 586. The molecule has 1 aromatic rings. The molecule has 0 bridgehead atoms. The Labute approximate surface area is 155 Å². The van der Waals surface area contributed by atoms with Gasteiger partial charge in [0.2, 0.25) is 5.95 Å². The third kappa shape index (κ3) is 4.64. The second kappa shape index (κ2) is 8.97. The fourth-order valence-electron chi connectivity index (χ4n) is 3.83. The molecule has 0 unspecified atom stereocenters. The van der Waals surface area contributed by atoms with Gasteiger partial charge in [0, 0.05) is 51.5 Å². The molecular formula is C19H30N4O3. The molecule has 7 nitrogen and oxygen atoms in total. The lowest BCUT2D eigenvalue weighted by Gasteiger charge is -2.25. The molecule has 7 heteroatoms. The lowest BCUT2D eigenvalue weighted by Crippen LogP contribution is -2.26. The van der Waals surface area contributed by atoms with Crippen LogP contribution >= 0.6 is 0 Å². The number of hydrogen-bond acceptors (Lipinski definition) is 7. The lowest BCUT2D eigenvalue weighted by atomic mass is 10.0. The van der Waals surface area contributed by atoms with Gasteiger partial charge in [-0.25, -0.2) is 4.98 Å². The third-order valence-electron chi connectivity index (χ3n) is 5.61. The van der Waals surface area contributed by atoms with E-state index in [-0.39, 0.29) is 0 Å². The molecule has 1 aromatic heterocycles. The molecule has 2 N–H and O–H groups in total. The summed E-state index contributed by atoms with van der Waals surface area (Å²) >= 11 is 0. The normalized spacial score (nSPS) is 22.0. The van der Waals surface area contributed by atoms with Gasteiger partial charge in [0.1, 0.15) is 5.82 Å². The number of aromatic nitrogens is 2. The zero-order valence-corrected chi connectivity index (χ0v) is 15.5. The van der Waals surface area contributed by atoms with Crippen LogP contribution in [0.5, 0.6) is 0 Å². The topological polar surface area (TPSA) is 77.5 Å². The first-order chi connectivity index (χ1) is 12.9. The van der Waals surface area contributed by atoms with Crippen LogP contribution < -0.4 is 10.6 Å². The summed E-state index contributed by atoms with van der Waals surface area (Å²) in [6.45, 7) is 6.67. The van der Waals surface area contributed by atoms with E-state index >= 15 is 0 Å². The van der Waals surface area contributed by atoms with Crippen LogP contribution in [0.3, 0.4) is 0 Å². The van der Waals surface area contributed by atoms with Gasteiger partial charge < -0.3 is 24.8 Å². The van der Waals surface area contributed by atoms with E-state index in [1.54, 1.807) is 0 Å². The summed E-state index contributed by atoms with van der Waals surface area (Å²) in [7, 11) is 0. The Hall–Kier alpha value is -1.44. The van der Waals surface area contributed by atoms with Crippen molar-refractivity contribution in [3.8, 4) is 0 Å². The molecule has 4 rings (SSSR count).